The summed E-state index contributed by atoms with van der Waals surface area (Å²) < 4.78 is 53.6. The first-order chi connectivity index (χ1) is 13.0. The van der Waals surface area contributed by atoms with Crippen molar-refractivity contribution >= 4 is 15.7 Å². The van der Waals surface area contributed by atoms with E-state index >= 15 is 0 Å². The van der Waals surface area contributed by atoms with Gasteiger partial charge in [-0.15, -0.1) is 0 Å². The van der Waals surface area contributed by atoms with Crippen LogP contribution >= 0.6 is 0 Å². The fraction of sp³-hybridized carbons (Fsp3) is 0.158. The Morgan fingerprint density at radius 3 is 2.41 bits per heavy atom. The average Bonchev–Trinajstić information content (AvgIpc) is 3.19. The van der Waals surface area contributed by atoms with E-state index in [1.165, 1.54) is 36.4 Å². The molecule has 3 aromatic rings. The maximum absolute atomic E-state index is 14.1. The van der Waals surface area contributed by atoms with Gasteiger partial charge in [-0.3, -0.25) is 4.72 Å². The molecule has 0 bridgehead atoms. The van der Waals surface area contributed by atoms with Crippen molar-refractivity contribution in [3.63, 3.8) is 0 Å². The minimum atomic E-state index is -3.94. The maximum atomic E-state index is 14.1. The van der Waals surface area contributed by atoms with Gasteiger partial charge in [0.1, 0.15) is 18.2 Å². The third-order valence-corrected chi connectivity index (χ3v) is 5.17. The van der Waals surface area contributed by atoms with Gasteiger partial charge in [0.15, 0.2) is 0 Å². The molecule has 0 fully saturated rings. The van der Waals surface area contributed by atoms with E-state index in [4.69, 9.17) is 9.47 Å². The standard InChI is InChI=1S/C19H19FN2O4S/c1-25-12-13-26-16-5-7-17(8-6-16)27(23,24)21-19-14-15(4-9-18(19)20)22-10-2-3-11-22/h2-11,14,21H,12-13H2,1H3. The van der Waals surface area contributed by atoms with E-state index in [2.05, 4.69) is 4.72 Å². The van der Waals surface area contributed by atoms with Crippen molar-refractivity contribution in [2.45, 2.75) is 4.90 Å². The number of methoxy groups -OCH3 is 1. The van der Waals surface area contributed by atoms with Crippen LogP contribution in [0.2, 0.25) is 0 Å². The van der Waals surface area contributed by atoms with Crippen molar-refractivity contribution in [2.24, 2.45) is 0 Å². The van der Waals surface area contributed by atoms with Gasteiger partial charge in [-0.2, -0.15) is 0 Å². The minimum Gasteiger partial charge on any atom is -0.491 e. The summed E-state index contributed by atoms with van der Waals surface area (Å²) in [6.07, 6.45) is 3.57. The molecule has 0 aliphatic rings. The van der Waals surface area contributed by atoms with E-state index in [0.717, 1.165) is 0 Å². The number of hydrogen-bond donors (Lipinski definition) is 1. The van der Waals surface area contributed by atoms with Crippen LogP contribution in [0.25, 0.3) is 5.69 Å². The van der Waals surface area contributed by atoms with Crippen molar-refractivity contribution in [3.05, 3.63) is 72.8 Å². The highest BCUT2D eigenvalue weighted by atomic mass is 32.2. The Morgan fingerprint density at radius 1 is 1.04 bits per heavy atom. The lowest BCUT2D eigenvalue weighted by atomic mass is 10.2. The zero-order chi connectivity index (χ0) is 19.3. The first-order valence-corrected chi connectivity index (χ1v) is 9.65. The van der Waals surface area contributed by atoms with E-state index in [-0.39, 0.29) is 10.6 Å². The molecule has 0 saturated carbocycles. The Kier molecular flexibility index (Phi) is 5.78. The second-order valence-electron chi connectivity index (χ2n) is 5.67. The molecule has 0 radical (unpaired) electrons. The zero-order valence-electron chi connectivity index (χ0n) is 14.6. The molecule has 0 atom stereocenters. The maximum Gasteiger partial charge on any atom is 0.261 e. The number of sulfonamides is 1. The molecular formula is C19H19FN2O4S. The normalized spacial score (nSPS) is 11.3. The van der Waals surface area contributed by atoms with Gasteiger partial charge < -0.3 is 14.0 Å². The summed E-state index contributed by atoms with van der Waals surface area (Å²) in [5.41, 5.74) is 0.516. The van der Waals surface area contributed by atoms with Crippen molar-refractivity contribution < 1.29 is 22.3 Å². The number of hydrogen-bond acceptors (Lipinski definition) is 4. The smallest absolute Gasteiger partial charge is 0.261 e. The van der Waals surface area contributed by atoms with Gasteiger partial charge in [0, 0.05) is 25.2 Å². The summed E-state index contributed by atoms with van der Waals surface area (Å²) in [5, 5.41) is 0. The molecule has 6 nitrogen and oxygen atoms in total. The second-order valence-corrected chi connectivity index (χ2v) is 7.36. The lowest BCUT2D eigenvalue weighted by molar-refractivity contribution is 0.146. The van der Waals surface area contributed by atoms with Crippen molar-refractivity contribution in [1.29, 1.82) is 0 Å². The molecule has 27 heavy (non-hydrogen) atoms. The monoisotopic (exact) mass is 390 g/mol. The van der Waals surface area contributed by atoms with E-state index < -0.39 is 15.8 Å². The topological polar surface area (TPSA) is 69.6 Å². The molecule has 1 aromatic heterocycles. The first kappa shape index (κ1) is 18.9. The van der Waals surface area contributed by atoms with E-state index in [1.54, 1.807) is 30.1 Å². The van der Waals surface area contributed by atoms with Crippen LogP contribution in [0.4, 0.5) is 10.1 Å². The SMILES string of the molecule is COCCOc1ccc(S(=O)(=O)Nc2cc(-n3cccc3)ccc2F)cc1. The Morgan fingerprint density at radius 2 is 1.74 bits per heavy atom. The number of rotatable bonds is 8. The van der Waals surface area contributed by atoms with Gasteiger partial charge in [0.25, 0.3) is 10.0 Å². The van der Waals surface area contributed by atoms with Gasteiger partial charge >= 0.3 is 0 Å². The quantitative estimate of drug-likeness (QED) is 0.598. The molecule has 3 rings (SSSR count). The van der Waals surface area contributed by atoms with Gasteiger partial charge in [-0.25, -0.2) is 12.8 Å². The molecule has 0 spiro atoms. The van der Waals surface area contributed by atoms with Crippen molar-refractivity contribution in [3.8, 4) is 11.4 Å². The number of ether oxygens (including phenoxy) is 2. The highest BCUT2D eigenvalue weighted by Crippen LogP contribution is 2.23. The fourth-order valence-corrected chi connectivity index (χ4v) is 3.48. The Balaban J connectivity index is 1.79. The summed E-state index contributed by atoms with van der Waals surface area (Å²) >= 11 is 0. The highest BCUT2D eigenvalue weighted by molar-refractivity contribution is 7.92. The molecule has 0 aliphatic heterocycles. The van der Waals surface area contributed by atoms with Gasteiger partial charge in [0.05, 0.1) is 17.2 Å². The Bertz CT molecular complexity index is 987. The molecule has 0 unspecified atom stereocenters. The molecule has 0 amide bonds. The Hall–Kier alpha value is -2.84. The van der Waals surface area contributed by atoms with Crippen LogP contribution in [0.15, 0.2) is 71.9 Å². The van der Waals surface area contributed by atoms with Crippen molar-refractivity contribution in [2.75, 3.05) is 25.0 Å². The minimum absolute atomic E-state index is 0.00681. The number of benzene rings is 2. The summed E-state index contributed by atoms with van der Waals surface area (Å²) in [6.45, 7) is 0.789. The third kappa shape index (κ3) is 4.66. The van der Waals surface area contributed by atoms with E-state index in [0.29, 0.717) is 24.7 Å². The number of aromatic nitrogens is 1. The van der Waals surface area contributed by atoms with Crippen LogP contribution in [0.3, 0.4) is 0 Å². The Labute approximate surface area is 157 Å². The molecule has 0 saturated heterocycles. The molecule has 1 heterocycles. The van der Waals surface area contributed by atoms with Gasteiger partial charge in [-0.05, 0) is 54.6 Å². The first-order valence-electron chi connectivity index (χ1n) is 8.17. The lowest BCUT2D eigenvalue weighted by Crippen LogP contribution is -2.14. The zero-order valence-corrected chi connectivity index (χ0v) is 15.4. The van der Waals surface area contributed by atoms with E-state index in [1.807, 2.05) is 12.1 Å². The molecule has 1 N–H and O–H groups in total. The van der Waals surface area contributed by atoms with Crippen LogP contribution in [-0.4, -0.2) is 33.3 Å². The fourth-order valence-electron chi connectivity index (χ4n) is 2.42. The molecule has 142 valence electrons. The van der Waals surface area contributed by atoms with E-state index in [9.17, 15) is 12.8 Å². The number of anilines is 1. The van der Waals surface area contributed by atoms with Crippen LogP contribution < -0.4 is 9.46 Å². The molecule has 0 aliphatic carbocycles. The number of halogens is 1. The van der Waals surface area contributed by atoms with Crippen LogP contribution in [-0.2, 0) is 14.8 Å². The largest absolute Gasteiger partial charge is 0.491 e. The summed E-state index contributed by atoms with van der Waals surface area (Å²) in [6, 6.07) is 13.8. The second kappa shape index (κ2) is 8.24. The third-order valence-electron chi connectivity index (χ3n) is 3.79. The molecular weight excluding hydrogens is 371 g/mol. The predicted octanol–water partition coefficient (Wildman–Crippen LogP) is 3.44. The van der Waals surface area contributed by atoms with Crippen LogP contribution in [0, 0.1) is 5.82 Å². The van der Waals surface area contributed by atoms with Crippen LogP contribution in [0.1, 0.15) is 0 Å². The van der Waals surface area contributed by atoms with Crippen molar-refractivity contribution in [1.82, 2.24) is 4.57 Å². The molecule has 2 aromatic carbocycles. The van der Waals surface area contributed by atoms with Gasteiger partial charge in [-0.1, -0.05) is 0 Å². The lowest BCUT2D eigenvalue weighted by Gasteiger charge is -2.12. The number of nitrogens with zero attached hydrogens (tertiary/aromatic N) is 1. The predicted molar refractivity (Wildman–Crippen MR) is 100 cm³/mol. The molecule has 8 heteroatoms. The highest BCUT2D eigenvalue weighted by Gasteiger charge is 2.17. The van der Waals surface area contributed by atoms with Gasteiger partial charge in [0.2, 0.25) is 0 Å². The summed E-state index contributed by atoms with van der Waals surface area (Å²) in [7, 11) is -2.38. The summed E-state index contributed by atoms with van der Waals surface area (Å²) in [4.78, 5) is 0.00681. The average molecular weight is 390 g/mol. The summed E-state index contributed by atoms with van der Waals surface area (Å²) in [5.74, 6) is -0.138. The van der Waals surface area contributed by atoms with Crippen LogP contribution in [0.5, 0.6) is 5.75 Å². The number of nitrogens with one attached hydrogen (secondary N) is 1.